The summed E-state index contributed by atoms with van der Waals surface area (Å²) in [5.41, 5.74) is 0.292. The zero-order valence-corrected chi connectivity index (χ0v) is 12.9. The summed E-state index contributed by atoms with van der Waals surface area (Å²) in [6.45, 7) is 5.66. The van der Waals surface area contributed by atoms with Crippen LogP contribution in [0, 0.1) is 0 Å². The molecule has 1 amide bonds. The SMILES string of the molecule is CCCC/C(OCC)=C1/C(=O)[N+](C)(C)N=C1OC(C)=O. The zero-order chi connectivity index (χ0) is 15.3. The van der Waals surface area contributed by atoms with Crippen LogP contribution in [0.25, 0.3) is 0 Å². The molecule has 112 valence electrons. The largest absolute Gasteiger partial charge is 0.497 e. The molecule has 1 heterocycles. The van der Waals surface area contributed by atoms with E-state index in [1.54, 1.807) is 14.1 Å². The number of esters is 1. The van der Waals surface area contributed by atoms with Crippen LogP contribution in [0.4, 0.5) is 0 Å². The first-order valence-electron chi connectivity index (χ1n) is 6.87. The van der Waals surface area contributed by atoms with Gasteiger partial charge >= 0.3 is 11.9 Å². The number of hydrogen-bond donors (Lipinski definition) is 0. The molecule has 0 spiro atoms. The second-order valence-electron chi connectivity index (χ2n) is 5.03. The van der Waals surface area contributed by atoms with Crippen LogP contribution >= 0.6 is 0 Å². The van der Waals surface area contributed by atoms with Crippen LogP contribution in [0.2, 0.25) is 0 Å². The Morgan fingerprint density at radius 1 is 1.30 bits per heavy atom. The summed E-state index contributed by atoms with van der Waals surface area (Å²) in [6, 6.07) is 0. The third-order valence-corrected chi connectivity index (χ3v) is 2.86. The molecule has 0 unspecified atom stereocenters. The second kappa shape index (κ2) is 6.65. The van der Waals surface area contributed by atoms with Crippen molar-refractivity contribution < 1.29 is 23.7 Å². The zero-order valence-electron chi connectivity index (χ0n) is 12.9. The van der Waals surface area contributed by atoms with Gasteiger partial charge in [0.1, 0.15) is 19.9 Å². The number of amides is 1. The van der Waals surface area contributed by atoms with E-state index in [9.17, 15) is 9.59 Å². The number of unbranched alkanes of at least 4 members (excludes halogenated alkanes) is 1. The first-order valence-corrected chi connectivity index (χ1v) is 6.87. The van der Waals surface area contributed by atoms with Crippen molar-refractivity contribution in [1.29, 1.82) is 0 Å². The lowest BCUT2D eigenvalue weighted by Crippen LogP contribution is -2.37. The smallest absolute Gasteiger partial charge is 0.380 e. The lowest BCUT2D eigenvalue weighted by Gasteiger charge is -2.14. The Bertz CT molecular complexity index is 464. The van der Waals surface area contributed by atoms with E-state index in [0.717, 1.165) is 12.8 Å². The molecule has 6 heteroatoms. The molecule has 6 nitrogen and oxygen atoms in total. The summed E-state index contributed by atoms with van der Waals surface area (Å²) < 4.78 is 10.4. The van der Waals surface area contributed by atoms with Crippen LogP contribution in [-0.4, -0.2) is 43.1 Å². The van der Waals surface area contributed by atoms with Crippen molar-refractivity contribution in [3.63, 3.8) is 0 Å². The average Bonchev–Trinajstić information content (AvgIpc) is 2.55. The number of carbonyl (C=O) groups excluding carboxylic acids is 2. The highest BCUT2D eigenvalue weighted by Crippen LogP contribution is 2.26. The number of ether oxygens (including phenoxy) is 2. The third kappa shape index (κ3) is 3.66. The normalized spacial score (nSPS) is 19.6. The Hall–Kier alpha value is -1.69. The number of carbonyl (C=O) groups is 2. The maximum absolute atomic E-state index is 12.4. The van der Waals surface area contributed by atoms with Gasteiger partial charge in [0.15, 0.2) is 5.57 Å². The predicted molar refractivity (Wildman–Crippen MR) is 74.5 cm³/mol. The quantitative estimate of drug-likeness (QED) is 0.335. The molecule has 1 aliphatic heterocycles. The van der Waals surface area contributed by atoms with E-state index >= 15 is 0 Å². The molecule has 20 heavy (non-hydrogen) atoms. The highest BCUT2D eigenvalue weighted by atomic mass is 16.5. The van der Waals surface area contributed by atoms with E-state index in [1.165, 1.54) is 6.92 Å². The fraction of sp³-hybridized carbons (Fsp3) is 0.643. The maximum Gasteiger partial charge on any atom is 0.380 e. The molecule has 0 bridgehead atoms. The van der Waals surface area contributed by atoms with Gasteiger partial charge in [-0.2, -0.15) is 0 Å². The lowest BCUT2D eigenvalue weighted by atomic mass is 10.1. The highest BCUT2D eigenvalue weighted by molar-refractivity contribution is 6.20. The van der Waals surface area contributed by atoms with E-state index in [2.05, 4.69) is 12.0 Å². The molecule has 0 fully saturated rings. The van der Waals surface area contributed by atoms with Crippen molar-refractivity contribution in [3.8, 4) is 0 Å². The van der Waals surface area contributed by atoms with Gasteiger partial charge in [-0.15, -0.1) is 4.59 Å². The molecule has 0 N–H and O–H groups in total. The van der Waals surface area contributed by atoms with Gasteiger partial charge in [-0.25, -0.2) is 4.79 Å². The number of rotatable bonds is 5. The Kier molecular flexibility index (Phi) is 5.44. The minimum absolute atomic E-state index is 0.0621. The minimum Gasteiger partial charge on any atom is -0.497 e. The van der Waals surface area contributed by atoms with Crippen LogP contribution in [-0.2, 0) is 19.1 Å². The first kappa shape index (κ1) is 16.4. The van der Waals surface area contributed by atoms with Crippen LogP contribution in [0.3, 0.4) is 0 Å². The number of allylic oxidation sites excluding steroid dienone is 1. The molecule has 0 aliphatic carbocycles. The number of nitrogens with zero attached hydrogens (tertiary/aromatic N) is 2. The van der Waals surface area contributed by atoms with E-state index in [0.29, 0.717) is 24.4 Å². The van der Waals surface area contributed by atoms with Gasteiger partial charge in [0, 0.05) is 13.3 Å². The van der Waals surface area contributed by atoms with Gasteiger partial charge in [-0.05, 0) is 18.4 Å². The molecule has 0 atom stereocenters. The van der Waals surface area contributed by atoms with Gasteiger partial charge in [0.25, 0.3) is 5.90 Å². The molecule has 1 rings (SSSR count). The summed E-state index contributed by atoms with van der Waals surface area (Å²) in [6.07, 6.45) is 2.51. The molecule has 0 aromatic rings. The van der Waals surface area contributed by atoms with Crippen LogP contribution in [0.15, 0.2) is 16.4 Å². The fourth-order valence-corrected chi connectivity index (χ4v) is 1.91. The molecule has 0 saturated heterocycles. The van der Waals surface area contributed by atoms with Gasteiger partial charge in [0.2, 0.25) is 0 Å². The fourth-order valence-electron chi connectivity index (χ4n) is 1.91. The number of likely N-dealkylation sites (N-methyl/N-ethyl adjacent to an activating group) is 1. The standard InChI is InChI=1S/C14H23N2O4/c1-6-8-9-11(19-7-2)12-13(20-10(3)17)15-16(4,5)14(12)18/h6-9H2,1-5H3/q+1/b12-11-. The van der Waals surface area contributed by atoms with E-state index < -0.39 is 5.97 Å². The van der Waals surface area contributed by atoms with Gasteiger partial charge in [0.05, 0.1) is 6.61 Å². The number of quaternary nitrogens is 1. The molecule has 0 aromatic carbocycles. The van der Waals surface area contributed by atoms with Crippen molar-refractivity contribution in [2.24, 2.45) is 5.10 Å². The number of hydrogen-bond acceptors (Lipinski definition) is 5. The summed E-state index contributed by atoms with van der Waals surface area (Å²) >= 11 is 0. The van der Waals surface area contributed by atoms with Crippen LogP contribution in [0.1, 0.15) is 40.0 Å². The van der Waals surface area contributed by atoms with Crippen molar-refractivity contribution in [2.45, 2.75) is 40.0 Å². The maximum atomic E-state index is 12.4. The molecule has 0 aromatic heterocycles. The molecular formula is C14H23N2O4+. The van der Waals surface area contributed by atoms with Gasteiger partial charge in [-0.1, -0.05) is 13.3 Å². The molecular weight excluding hydrogens is 260 g/mol. The summed E-state index contributed by atoms with van der Waals surface area (Å²) in [7, 11) is 3.28. The van der Waals surface area contributed by atoms with Crippen molar-refractivity contribution in [1.82, 2.24) is 0 Å². The topological polar surface area (TPSA) is 65.0 Å². The minimum atomic E-state index is -0.498. The van der Waals surface area contributed by atoms with E-state index in [1.807, 2.05) is 6.92 Å². The summed E-state index contributed by atoms with van der Waals surface area (Å²) in [5.74, 6) is -0.0989. The highest BCUT2D eigenvalue weighted by Gasteiger charge is 2.46. The van der Waals surface area contributed by atoms with Crippen molar-refractivity contribution in [2.75, 3.05) is 20.7 Å². The Balaban J connectivity index is 3.22. The second-order valence-corrected chi connectivity index (χ2v) is 5.03. The molecule has 0 radical (unpaired) electrons. The van der Waals surface area contributed by atoms with Crippen LogP contribution in [0.5, 0.6) is 0 Å². The molecule has 0 saturated carbocycles. The van der Waals surface area contributed by atoms with Gasteiger partial charge < -0.3 is 9.47 Å². The predicted octanol–water partition coefficient (Wildman–Crippen LogP) is 1.96. The lowest BCUT2D eigenvalue weighted by molar-refractivity contribution is -0.815. The van der Waals surface area contributed by atoms with Crippen molar-refractivity contribution in [3.05, 3.63) is 11.3 Å². The Morgan fingerprint density at radius 2 is 1.95 bits per heavy atom. The third-order valence-electron chi connectivity index (χ3n) is 2.86. The van der Waals surface area contributed by atoms with E-state index in [4.69, 9.17) is 9.47 Å². The monoisotopic (exact) mass is 283 g/mol. The van der Waals surface area contributed by atoms with Crippen molar-refractivity contribution >= 4 is 17.8 Å². The summed E-state index contributed by atoms with van der Waals surface area (Å²) in [4.78, 5) is 23.6. The van der Waals surface area contributed by atoms with E-state index in [-0.39, 0.29) is 16.4 Å². The Morgan fingerprint density at radius 3 is 2.45 bits per heavy atom. The van der Waals surface area contributed by atoms with Gasteiger partial charge in [-0.3, -0.25) is 4.79 Å². The summed E-state index contributed by atoms with van der Waals surface area (Å²) in [5, 5.41) is 4.16. The Labute approximate surface area is 119 Å². The first-order chi connectivity index (χ1) is 9.33. The average molecular weight is 283 g/mol. The van der Waals surface area contributed by atoms with Crippen LogP contribution < -0.4 is 0 Å². The molecule has 1 aliphatic rings.